The highest BCUT2D eigenvalue weighted by molar-refractivity contribution is 5.98. The van der Waals surface area contributed by atoms with E-state index >= 15 is 0 Å². The van der Waals surface area contributed by atoms with Crippen LogP contribution in [0.25, 0.3) is 11.1 Å². The Hall–Kier alpha value is -3.98. The lowest BCUT2D eigenvalue weighted by atomic mass is 9.84. The highest BCUT2D eigenvalue weighted by Crippen LogP contribution is 2.56. The number of nitrogens with zero attached hydrogens (tertiary/aromatic N) is 2. The van der Waals surface area contributed by atoms with Crippen molar-refractivity contribution in [2.45, 2.75) is 52.3 Å². The van der Waals surface area contributed by atoms with E-state index in [2.05, 4.69) is 128 Å². The van der Waals surface area contributed by atoms with Crippen LogP contribution in [-0.4, -0.2) is 18.8 Å². The molecule has 2 aromatic rings. The monoisotopic (exact) mass is 538 g/mol. The molecule has 8 rings (SSSR count). The number of hydrogen-bond acceptors (Lipinski definition) is 3. The maximum Gasteiger partial charge on any atom is 0.133 e. The molecule has 41 heavy (non-hydrogen) atoms. The van der Waals surface area contributed by atoms with E-state index in [9.17, 15) is 0 Å². The molecule has 0 aromatic heterocycles. The molecule has 0 saturated heterocycles. The van der Waals surface area contributed by atoms with E-state index in [-0.39, 0.29) is 18.2 Å². The maximum atomic E-state index is 6.69. The topological polar surface area (TPSA) is 15.7 Å². The predicted molar refractivity (Wildman–Crippen MR) is 171 cm³/mol. The van der Waals surface area contributed by atoms with E-state index in [0.717, 1.165) is 31.6 Å². The summed E-state index contributed by atoms with van der Waals surface area (Å²) in [4.78, 5) is 5.24. The lowest BCUT2D eigenvalue weighted by molar-refractivity contribution is 0.159. The van der Waals surface area contributed by atoms with Gasteiger partial charge in [0.1, 0.15) is 18.0 Å². The maximum absolute atomic E-state index is 6.69. The number of anilines is 3. The van der Waals surface area contributed by atoms with Crippen LogP contribution in [0.2, 0.25) is 0 Å². The molecule has 6 aliphatic rings. The van der Waals surface area contributed by atoms with Gasteiger partial charge in [0.2, 0.25) is 0 Å². The molecule has 3 aliphatic heterocycles. The second kappa shape index (κ2) is 9.55. The van der Waals surface area contributed by atoms with Gasteiger partial charge in [0.15, 0.2) is 0 Å². The molecule has 3 heteroatoms. The van der Waals surface area contributed by atoms with Crippen LogP contribution in [0, 0.1) is 17.8 Å². The molecule has 4 unspecified atom stereocenters. The van der Waals surface area contributed by atoms with Gasteiger partial charge in [-0.3, -0.25) is 0 Å². The van der Waals surface area contributed by atoms with Crippen LogP contribution in [0.4, 0.5) is 17.1 Å². The average Bonchev–Trinajstić information content (AvgIpc) is 3.64. The number of hydrogen-bond donors (Lipinski definition) is 0. The van der Waals surface area contributed by atoms with Gasteiger partial charge >= 0.3 is 0 Å². The summed E-state index contributed by atoms with van der Waals surface area (Å²) in [6, 6.07) is 15.9. The fraction of sp³-hybridized carbons (Fsp3) is 0.316. The summed E-state index contributed by atoms with van der Waals surface area (Å²) in [6.45, 7) is 7.70. The van der Waals surface area contributed by atoms with E-state index in [0.29, 0.717) is 11.8 Å². The zero-order valence-corrected chi connectivity index (χ0v) is 24.3. The first kappa shape index (κ1) is 24.8. The van der Waals surface area contributed by atoms with Gasteiger partial charge in [-0.2, -0.15) is 0 Å². The van der Waals surface area contributed by atoms with Crippen molar-refractivity contribution in [1.29, 1.82) is 0 Å². The third kappa shape index (κ3) is 3.85. The van der Waals surface area contributed by atoms with Crippen LogP contribution in [0.15, 0.2) is 114 Å². The summed E-state index contributed by atoms with van der Waals surface area (Å²) in [5.41, 5.74) is 12.0. The zero-order chi connectivity index (χ0) is 27.7. The number of fused-ring (bicyclic) bond motifs is 6. The van der Waals surface area contributed by atoms with Crippen molar-refractivity contribution in [3.8, 4) is 0 Å². The number of rotatable bonds is 4. The summed E-state index contributed by atoms with van der Waals surface area (Å²) >= 11 is 0. The minimum absolute atomic E-state index is 0.0914. The second-order valence-electron chi connectivity index (χ2n) is 12.6. The molecule has 0 saturated carbocycles. The van der Waals surface area contributed by atoms with Gasteiger partial charge in [0.05, 0.1) is 23.6 Å². The molecule has 2 aromatic carbocycles. The van der Waals surface area contributed by atoms with Gasteiger partial charge in [-0.05, 0) is 66.0 Å². The van der Waals surface area contributed by atoms with Crippen LogP contribution in [-0.2, 0) is 4.74 Å². The first-order valence-electron chi connectivity index (χ1n) is 15.4. The fourth-order valence-electron chi connectivity index (χ4n) is 7.51. The molecule has 0 amide bonds. The van der Waals surface area contributed by atoms with Crippen LogP contribution in [0.1, 0.15) is 51.2 Å². The SMILES string of the molecule is CC1C=CC(c2cccc(C3=CCCC=C3)c2N2c3ccccc3N3CC4=C(C5C=C(C(C)C)C=CC5O4)C32)=CC1. The summed E-state index contributed by atoms with van der Waals surface area (Å²) in [6.07, 6.45) is 24.8. The van der Waals surface area contributed by atoms with Gasteiger partial charge in [-0.15, -0.1) is 0 Å². The van der Waals surface area contributed by atoms with Crippen molar-refractivity contribution in [1.82, 2.24) is 0 Å². The Morgan fingerprint density at radius 1 is 0.854 bits per heavy atom. The average molecular weight is 539 g/mol. The van der Waals surface area contributed by atoms with E-state index in [1.165, 1.54) is 50.5 Å². The largest absolute Gasteiger partial charge is 0.488 e. The molecular formula is C38H38N2O. The third-order valence-corrected chi connectivity index (χ3v) is 9.62. The van der Waals surface area contributed by atoms with Crippen molar-refractivity contribution in [2.24, 2.45) is 17.8 Å². The fourth-order valence-corrected chi connectivity index (χ4v) is 7.51. The molecule has 3 nitrogen and oxygen atoms in total. The standard InChI is InChI=1S/C38H38N2O/c1-24(2)28-20-21-34-31(22-28)36-35(41-34)23-39-32-14-7-8-15-33(32)40(38(36)39)37-29(26-10-5-4-6-11-26)12-9-13-30(37)27-18-16-25(3)17-19-27/h5,7-16,18-22,24-25,31,34,38H,4,6,17,23H2,1-3H3. The number of ether oxygens (including phenoxy) is 1. The molecule has 0 radical (unpaired) electrons. The van der Waals surface area contributed by atoms with Crippen LogP contribution < -0.4 is 9.80 Å². The highest BCUT2D eigenvalue weighted by atomic mass is 16.5. The van der Waals surface area contributed by atoms with Crippen LogP contribution in [0.3, 0.4) is 0 Å². The summed E-state index contributed by atoms with van der Waals surface area (Å²) in [7, 11) is 0. The molecule has 0 fully saturated rings. The number of allylic oxidation sites excluding steroid dienone is 10. The molecule has 3 aliphatic carbocycles. The third-order valence-electron chi connectivity index (χ3n) is 9.62. The molecule has 0 spiro atoms. The van der Waals surface area contributed by atoms with E-state index in [4.69, 9.17) is 4.74 Å². The van der Waals surface area contributed by atoms with Crippen molar-refractivity contribution >= 4 is 28.2 Å². The quantitative estimate of drug-likeness (QED) is 0.386. The Bertz CT molecular complexity index is 1640. The zero-order valence-electron chi connectivity index (χ0n) is 24.3. The molecule has 4 atom stereocenters. The second-order valence-corrected chi connectivity index (χ2v) is 12.6. The smallest absolute Gasteiger partial charge is 0.133 e. The Kier molecular flexibility index (Phi) is 5.77. The Morgan fingerprint density at radius 3 is 2.39 bits per heavy atom. The molecule has 0 N–H and O–H groups in total. The minimum Gasteiger partial charge on any atom is -0.488 e. The van der Waals surface area contributed by atoms with E-state index < -0.39 is 0 Å². The Morgan fingerprint density at radius 2 is 1.66 bits per heavy atom. The first-order chi connectivity index (χ1) is 20.1. The van der Waals surface area contributed by atoms with Gasteiger partial charge in [-0.1, -0.05) is 99.7 Å². The Balaban J connectivity index is 1.34. The van der Waals surface area contributed by atoms with Crippen molar-refractivity contribution in [3.05, 3.63) is 125 Å². The van der Waals surface area contributed by atoms with E-state index in [1.807, 2.05) is 0 Å². The lowest BCUT2D eigenvalue weighted by Crippen LogP contribution is -2.42. The summed E-state index contributed by atoms with van der Waals surface area (Å²) in [5, 5.41) is 0. The van der Waals surface area contributed by atoms with Gasteiger partial charge in [0, 0.05) is 22.6 Å². The Labute approximate surface area is 244 Å². The van der Waals surface area contributed by atoms with Crippen molar-refractivity contribution < 1.29 is 4.74 Å². The van der Waals surface area contributed by atoms with Crippen LogP contribution >= 0.6 is 0 Å². The minimum atomic E-state index is 0.0914. The van der Waals surface area contributed by atoms with Crippen molar-refractivity contribution in [2.75, 3.05) is 16.3 Å². The summed E-state index contributed by atoms with van der Waals surface area (Å²) in [5.74, 6) is 2.50. The van der Waals surface area contributed by atoms with Crippen molar-refractivity contribution in [3.63, 3.8) is 0 Å². The van der Waals surface area contributed by atoms with Gasteiger partial charge in [-0.25, -0.2) is 0 Å². The first-order valence-corrected chi connectivity index (χ1v) is 15.4. The lowest BCUT2D eigenvalue weighted by Gasteiger charge is -2.36. The molecule has 206 valence electrons. The molecule has 3 heterocycles. The van der Waals surface area contributed by atoms with Crippen LogP contribution in [0.5, 0.6) is 0 Å². The summed E-state index contributed by atoms with van der Waals surface area (Å²) < 4.78 is 6.69. The van der Waals surface area contributed by atoms with Gasteiger partial charge in [0.25, 0.3) is 0 Å². The predicted octanol–water partition coefficient (Wildman–Crippen LogP) is 9.12. The molecular weight excluding hydrogens is 500 g/mol. The number of para-hydroxylation sites is 3. The van der Waals surface area contributed by atoms with E-state index in [1.54, 1.807) is 0 Å². The van der Waals surface area contributed by atoms with Gasteiger partial charge < -0.3 is 14.5 Å². The number of benzene rings is 2. The molecule has 0 bridgehead atoms. The highest BCUT2D eigenvalue weighted by Gasteiger charge is 2.53. The normalized spacial score (nSPS) is 27.4.